The molecular formula is C9H10N4. The van der Waals surface area contributed by atoms with E-state index in [1.165, 1.54) is 0 Å². The molecule has 0 aromatic carbocycles. The molecule has 4 nitrogen and oxygen atoms in total. The van der Waals surface area contributed by atoms with Crippen molar-refractivity contribution >= 4 is 0 Å². The minimum absolute atomic E-state index is 0.760. The highest BCUT2D eigenvalue weighted by atomic mass is 15.0. The second-order valence-electron chi connectivity index (χ2n) is 2.69. The van der Waals surface area contributed by atoms with Crippen LogP contribution < -0.4 is 0 Å². The summed E-state index contributed by atoms with van der Waals surface area (Å²) in [5.41, 5.74) is 1.04. The molecule has 0 spiro atoms. The Labute approximate surface area is 75.8 Å². The summed E-state index contributed by atoms with van der Waals surface area (Å²) in [5, 5.41) is 0. The predicted molar refractivity (Wildman–Crippen MR) is 50.1 cm³/mol. The highest BCUT2D eigenvalue weighted by Gasteiger charge is 2.03. The van der Waals surface area contributed by atoms with Crippen LogP contribution in [0, 0.1) is 0 Å². The van der Waals surface area contributed by atoms with Gasteiger partial charge in [0.2, 0.25) is 0 Å². The van der Waals surface area contributed by atoms with Gasteiger partial charge in [-0.05, 0) is 0 Å². The van der Waals surface area contributed by atoms with Gasteiger partial charge in [0.05, 0.1) is 0 Å². The van der Waals surface area contributed by atoms with Crippen molar-refractivity contribution in [2.45, 2.75) is 6.42 Å². The third kappa shape index (κ3) is 1.51. The molecule has 0 unspecified atom stereocenters. The molecule has 2 aromatic rings. The van der Waals surface area contributed by atoms with E-state index < -0.39 is 0 Å². The van der Waals surface area contributed by atoms with Crippen molar-refractivity contribution in [3.63, 3.8) is 0 Å². The first kappa shape index (κ1) is 7.79. The molecule has 2 rings (SSSR count). The van der Waals surface area contributed by atoms with Gasteiger partial charge in [0.1, 0.15) is 0 Å². The largest absolute Gasteiger partial charge is 0.342 e. The molecule has 4 heteroatoms. The predicted octanol–water partition coefficient (Wildman–Crippen LogP) is 1.53. The van der Waals surface area contributed by atoms with Gasteiger partial charge in [0, 0.05) is 30.7 Å². The number of H-pyrrole nitrogens is 2. The van der Waals surface area contributed by atoms with E-state index in [0.29, 0.717) is 0 Å². The third-order valence-electron chi connectivity index (χ3n) is 1.72. The minimum Gasteiger partial charge on any atom is -0.342 e. The maximum Gasteiger partial charge on any atom is 0.173 e. The Bertz CT molecular complexity index is 385. The van der Waals surface area contributed by atoms with Gasteiger partial charge in [0.25, 0.3) is 0 Å². The lowest BCUT2D eigenvalue weighted by molar-refractivity contribution is 1.14. The van der Waals surface area contributed by atoms with Crippen LogP contribution in [0.1, 0.15) is 5.69 Å². The first-order valence-corrected chi connectivity index (χ1v) is 4.04. The van der Waals surface area contributed by atoms with Gasteiger partial charge < -0.3 is 9.97 Å². The molecular weight excluding hydrogens is 164 g/mol. The van der Waals surface area contributed by atoms with E-state index in [4.69, 9.17) is 0 Å². The fourth-order valence-electron chi connectivity index (χ4n) is 1.13. The SMILES string of the molecule is C=CCc1cnc(-c2ncc[nH]2)[nH]1. The van der Waals surface area contributed by atoms with Crippen LogP contribution in [0.4, 0.5) is 0 Å². The summed E-state index contributed by atoms with van der Waals surface area (Å²) in [7, 11) is 0. The number of hydrogen-bond acceptors (Lipinski definition) is 2. The Morgan fingerprint density at radius 1 is 1.38 bits per heavy atom. The lowest BCUT2D eigenvalue weighted by Gasteiger charge is -1.89. The van der Waals surface area contributed by atoms with E-state index in [1.807, 2.05) is 6.08 Å². The van der Waals surface area contributed by atoms with Crippen molar-refractivity contribution in [2.75, 3.05) is 0 Å². The van der Waals surface area contributed by atoms with E-state index in [2.05, 4.69) is 26.5 Å². The highest BCUT2D eigenvalue weighted by molar-refractivity contribution is 5.42. The van der Waals surface area contributed by atoms with Crippen LogP contribution in [0.3, 0.4) is 0 Å². The average Bonchev–Trinajstić information content (AvgIpc) is 2.70. The summed E-state index contributed by atoms with van der Waals surface area (Å²) in [5.74, 6) is 1.53. The Kier molecular flexibility index (Phi) is 1.96. The number of aromatic amines is 2. The molecule has 2 aromatic heterocycles. The summed E-state index contributed by atoms with van der Waals surface area (Å²) in [6.45, 7) is 3.66. The highest BCUT2D eigenvalue weighted by Crippen LogP contribution is 2.09. The summed E-state index contributed by atoms with van der Waals surface area (Å²) in [4.78, 5) is 14.4. The molecule has 0 aliphatic heterocycles. The first-order valence-electron chi connectivity index (χ1n) is 4.04. The normalized spacial score (nSPS) is 10.2. The van der Waals surface area contributed by atoms with E-state index in [-0.39, 0.29) is 0 Å². The first-order chi connectivity index (χ1) is 6.40. The van der Waals surface area contributed by atoms with Crippen molar-refractivity contribution < 1.29 is 0 Å². The van der Waals surface area contributed by atoms with Gasteiger partial charge in [0.15, 0.2) is 11.6 Å². The Morgan fingerprint density at radius 3 is 3.00 bits per heavy atom. The summed E-state index contributed by atoms with van der Waals surface area (Å²) < 4.78 is 0. The zero-order chi connectivity index (χ0) is 9.10. The monoisotopic (exact) mass is 174 g/mol. The molecule has 0 fully saturated rings. The Hall–Kier alpha value is -1.84. The molecule has 0 radical (unpaired) electrons. The molecule has 0 amide bonds. The number of imidazole rings is 2. The fourth-order valence-corrected chi connectivity index (χ4v) is 1.13. The van der Waals surface area contributed by atoms with Gasteiger partial charge >= 0.3 is 0 Å². The second kappa shape index (κ2) is 3.26. The number of aromatic nitrogens is 4. The summed E-state index contributed by atoms with van der Waals surface area (Å²) in [6, 6.07) is 0. The maximum absolute atomic E-state index is 4.18. The van der Waals surface area contributed by atoms with Crippen molar-refractivity contribution in [3.8, 4) is 11.6 Å². The van der Waals surface area contributed by atoms with Gasteiger partial charge in [-0.25, -0.2) is 9.97 Å². The van der Waals surface area contributed by atoms with E-state index in [0.717, 1.165) is 23.8 Å². The number of nitrogens with zero attached hydrogens (tertiary/aromatic N) is 2. The van der Waals surface area contributed by atoms with Crippen molar-refractivity contribution in [1.29, 1.82) is 0 Å². The van der Waals surface area contributed by atoms with E-state index in [1.54, 1.807) is 18.6 Å². The molecule has 0 saturated heterocycles. The van der Waals surface area contributed by atoms with Gasteiger partial charge in [-0.1, -0.05) is 6.08 Å². The van der Waals surface area contributed by atoms with E-state index in [9.17, 15) is 0 Å². The maximum atomic E-state index is 4.18. The third-order valence-corrected chi connectivity index (χ3v) is 1.72. The van der Waals surface area contributed by atoms with Crippen LogP contribution in [0.5, 0.6) is 0 Å². The molecule has 0 aliphatic carbocycles. The topological polar surface area (TPSA) is 57.4 Å². The van der Waals surface area contributed by atoms with Crippen molar-refractivity contribution in [3.05, 3.63) is 36.9 Å². The Morgan fingerprint density at radius 2 is 2.31 bits per heavy atom. The van der Waals surface area contributed by atoms with Crippen LogP contribution in [0.2, 0.25) is 0 Å². The number of hydrogen-bond donors (Lipinski definition) is 2. The van der Waals surface area contributed by atoms with Gasteiger partial charge in [-0.3, -0.25) is 0 Å². The lowest BCUT2D eigenvalue weighted by Crippen LogP contribution is -1.84. The van der Waals surface area contributed by atoms with Crippen LogP contribution in [0.15, 0.2) is 31.2 Å². The summed E-state index contributed by atoms with van der Waals surface area (Å²) in [6.07, 6.45) is 7.89. The molecule has 0 atom stereocenters. The van der Waals surface area contributed by atoms with E-state index >= 15 is 0 Å². The molecule has 66 valence electrons. The zero-order valence-corrected chi connectivity index (χ0v) is 7.12. The van der Waals surface area contributed by atoms with Gasteiger partial charge in [-0.2, -0.15) is 0 Å². The second-order valence-corrected chi connectivity index (χ2v) is 2.69. The van der Waals surface area contributed by atoms with Crippen LogP contribution in [0.25, 0.3) is 11.6 Å². The molecule has 0 aliphatic rings. The molecule has 0 saturated carbocycles. The average molecular weight is 174 g/mol. The molecule has 0 bridgehead atoms. The number of allylic oxidation sites excluding steroid dienone is 1. The standard InChI is InChI=1S/C9H10N4/c1-2-3-7-6-12-9(13-7)8-10-4-5-11-8/h2,4-6H,1,3H2,(H,10,11)(H,12,13). The van der Waals surface area contributed by atoms with Crippen molar-refractivity contribution in [1.82, 2.24) is 19.9 Å². The zero-order valence-electron chi connectivity index (χ0n) is 7.12. The van der Waals surface area contributed by atoms with Crippen LogP contribution >= 0.6 is 0 Å². The molecule has 2 N–H and O–H groups in total. The fraction of sp³-hybridized carbons (Fsp3) is 0.111. The molecule has 2 heterocycles. The number of rotatable bonds is 3. The lowest BCUT2D eigenvalue weighted by atomic mass is 10.3. The summed E-state index contributed by atoms with van der Waals surface area (Å²) >= 11 is 0. The Balaban J connectivity index is 2.28. The van der Waals surface area contributed by atoms with Gasteiger partial charge in [-0.15, -0.1) is 6.58 Å². The van der Waals surface area contributed by atoms with Crippen molar-refractivity contribution in [2.24, 2.45) is 0 Å². The quantitative estimate of drug-likeness (QED) is 0.693. The van der Waals surface area contributed by atoms with Crippen LogP contribution in [-0.2, 0) is 6.42 Å². The molecule has 13 heavy (non-hydrogen) atoms. The van der Waals surface area contributed by atoms with Crippen LogP contribution in [-0.4, -0.2) is 19.9 Å². The smallest absolute Gasteiger partial charge is 0.173 e. The minimum atomic E-state index is 0.760. The number of nitrogens with one attached hydrogen (secondary N) is 2.